The summed E-state index contributed by atoms with van der Waals surface area (Å²) in [5.74, 6) is 0.741. The fourth-order valence-electron chi connectivity index (χ4n) is 2.39. The number of aryl methyl sites for hydroxylation is 2. The summed E-state index contributed by atoms with van der Waals surface area (Å²) in [6.45, 7) is 4.83. The molecule has 0 N–H and O–H groups in total. The van der Waals surface area contributed by atoms with Gasteiger partial charge >= 0.3 is 0 Å². The summed E-state index contributed by atoms with van der Waals surface area (Å²) in [6, 6.07) is 0. The van der Waals surface area contributed by atoms with Crippen LogP contribution in [0.15, 0.2) is 12.4 Å². The smallest absolute Gasteiger partial charge is 0.265 e. The lowest BCUT2D eigenvalue weighted by molar-refractivity contribution is 0.0793. The maximum Gasteiger partial charge on any atom is 0.265 e. The Morgan fingerprint density at radius 1 is 1.36 bits per heavy atom. The molecule has 2 aromatic heterocycles. The maximum absolute atomic E-state index is 12.4. The molecule has 0 atom stereocenters. The van der Waals surface area contributed by atoms with E-state index in [-0.39, 0.29) is 5.91 Å². The second kappa shape index (κ2) is 6.12. The molecule has 2 aromatic rings. The molecule has 0 unspecified atom stereocenters. The van der Waals surface area contributed by atoms with Crippen molar-refractivity contribution in [3.63, 3.8) is 0 Å². The van der Waals surface area contributed by atoms with Crippen molar-refractivity contribution >= 4 is 17.2 Å². The monoisotopic (exact) mass is 316 g/mol. The fraction of sp³-hybridized carbons (Fsp3) is 0.500. The van der Waals surface area contributed by atoms with Crippen molar-refractivity contribution in [3.8, 4) is 10.7 Å². The first kappa shape index (κ1) is 15.1. The summed E-state index contributed by atoms with van der Waals surface area (Å²) in [4.78, 5) is 28.3. The lowest BCUT2D eigenvalue weighted by atomic mass is 10.2. The molecule has 1 aliphatic carbocycles. The highest BCUT2D eigenvalue weighted by Crippen LogP contribution is 2.31. The highest BCUT2D eigenvalue weighted by Gasteiger charge is 2.26. The van der Waals surface area contributed by atoms with Crippen LogP contribution in [0.4, 0.5) is 0 Å². The van der Waals surface area contributed by atoms with Crippen LogP contribution >= 0.6 is 11.3 Å². The van der Waals surface area contributed by atoms with Gasteiger partial charge in [-0.1, -0.05) is 6.92 Å². The van der Waals surface area contributed by atoms with Crippen molar-refractivity contribution in [2.45, 2.75) is 33.1 Å². The minimum atomic E-state index is 0.0498. The van der Waals surface area contributed by atoms with Gasteiger partial charge in [0.05, 0.1) is 17.6 Å². The van der Waals surface area contributed by atoms with Crippen molar-refractivity contribution in [3.05, 3.63) is 28.7 Å². The zero-order valence-electron chi connectivity index (χ0n) is 13.2. The van der Waals surface area contributed by atoms with Gasteiger partial charge in [0.15, 0.2) is 0 Å². The second-order valence-corrected chi connectivity index (χ2v) is 6.85. The number of hydrogen-bond acceptors (Lipinski definition) is 5. The number of rotatable bonds is 5. The molecule has 0 radical (unpaired) electrons. The average molecular weight is 316 g/mol. The van der Waals surface area contributed by atoms with Gasteiger partial charge in [0.25, 0.3) is 5.91 Å². The molecule has 1 saturated carbocycles. The van der Waals surface area contributed by atoms with Crippen molar-refractivity contribution in [1.29, 1.82) is 0 Å². The summed E-state index contributed by atoms with van der Waals surface area (Å²) < 4.78 is 0. The topological polar surface area (TPSA) is 59.0 Å². The third-order valence-electron chi connectivity index (χ3n) is 3.79. The summed E-state index contributed by atoms with van der Waals surface area (Å²) in [6.07, 6.45) is 6.69. The third-order valence-corrected chi connectivity index (χ3v) is 4.79. The predicted molar refractivity (Wildman–Crippen MR) is 86.9 cm³/mol. The Hall–Kier alpha value is -1.82. The van der Waals surface area contributed by atoms with E-state index in [0.717, 1.165) is 35.1 Å². The van der Waals surface area contributed by atoms with Crippen molar-refractivity contribution in [2.75, 3.05) is 13.6 Å². The molecule has 1 aliphatic rings. The van der Waals surface area contributed by atoms with E-state index in [1.54, 1.807) is 17.3 Å². The van der Waals surface area contributed by atoms with Crippen LogP contribution < -0.4 is 0 Å². The zero-order valence-corrected chi connectivity index (χ0v) is 14.0. The van der Waals surface area contributed by atoms with Crippen molar-refractivity contribution < 1.29 is 4.79 Å². The van der Waals surface area contributed by atoms with E-state index in [1.807, 2.05) is 14.0 Å². The molecule has 0 bridgehead atoms. The number of carbonyl (C=O) groups is 1. The average Bonchev–Trinajstić information content (AvgIpc) is 3.19. The summed E-state index contributed by atoms with van der Waals surface area (Å²) in [5.41, 5.74) is 2.62. The van der Waals surface area contributed by atoms with Crippen molar-refractivity contribution in [1.82, 2.24) is 19.9 Å². The van der Waals surface area contributed by atoms with Crippen LogP contribution in [0, 0.1) is 12.8 Å². The number of thiazole rings is 1. The first-order valence-electron chi connectivity index (χ1n) is 7.62. The van der Waals surface area contributed by atoms with Crippen LogP contribution in [0.1, 0.15) is 40.8 Å². The molecule has 2 heterocycles. The summed E-state index contributed by atoms with van der Waals surface area (Å²) >= 11 is 1.40. The van der Waals surface area contributed by atoms with Gasteiger partial charge in [-0.3, -0.25) is 9.78 Å². The molecule has 0 aromatic carbocycles. The molecule has 22 heavy (non-hydrogen) atoms. The lowest BCUT2D eigenvalue weighted by Gasteiger charge is -2.14. The fourth-order valence-corrected chi connectivity index (χ4v) is 3.32. The van der Waals surface area contributed by atoms with Gasteiger partial charge in [0, 0.05) is 19.8 Å². The van der Waals surface area contributed by atoms with Gasteiger partial charge in [-0.05, 0) is 32.1 Å². The minimum absolute atomic E-state index is 0.0498. The standard InChI is InChI=1S/C16H20N4OS/c1-4-12-14(17-7-10(2)19-12)15-18-8-13(22-15)16(21)20(3)9-11-5-6-11/h7-8,11H,4-6,9H2,1-3H3. The zero-order chi connectivity index (χ0) is 15.7. The van der Waals surface area contributed by atoms with E-state index in [4.69, 9.17) is 0 Å². The largest absolute Gasteiger partial charge is 0.341 e. The van der Waals surface area contributed by atoms with E-state index in [2.05, 4.69) is 21.9 Å². The SMILES string of the molecule is CCc1nc(C)cnc1-c1ncc(C(=O)N(C)CC2CC2)s1. The van der Waals surface area contributed by atoms with Gasteiger partial charge < -0.3 is 4.90 Å². The predicted octanol–water partition coefficient (Wildman–Crippen LogP) is 2.95. The number of nitrogens with zero attached hydrogens (tertiary/aromatic N) is 4. The van der Waals surface area contributed by atoms with Crippen molar-refractivity contribution in [2.24, 2.45) is 5.92 Å². The van der Waals surface area contributed by atoms with E-state index in [1.165, 1.54) is 24.2 Å². The Kier molecular flexibility index (Phi) is 4.20. The molecule has 1 amide bonds. The Labute approximate surface area is 134 Å². The molecule has 3 rings (SSSR count). The number of carbonyl (C=O) groups excluding carboxylic acids is 1. The van der Waals surface area contributed by atoms with Gasteiger partial charge in [-0.25, -0.2) is 9.97 Å². The van der Waals surface area contributed by atoms with Crippen LogP contribution in [0.3, 0.4) is 0 Å². The van der Waals surface area contributed by atoms with Crippen LogP contribution in [-0.2, 0) is 6.42 Å². The van der Waals surface area contributed by atoms with Crippen LogP contribution in [0.25, 0.3) is 10.7 Å². The maximum atomic E-state index is 12.4. The normalized spacial score (nSPS) is 14.1. The van der Waals surface area contributed by atoms with Gasteiger partial charge in [0.2, 0.25) is 0 Å². The number of amides is 1. The summed E-state index contributed by atoms with van der Waals surface area (Å²) in [7, 11) is 1.86. The molecule has 6 heteroatoms. The molecular formula is C16H20N4OS. The Bertz CT molecular complexity index is 693. The number of aromatic nitrogens is 3. The molecular weight excluding hydrogens is 296 g/mol. The molecule has 0 aliphatic heterocycles. The van der Waals surface area contributed by atoms with Crippen LogP contribution in [0.2, 0.25) is 0 Å². The Morgan fingerprint density at radius 2 is 2.14 bits per heavy atom. The molecule has 1 fully saturated rings. The van der Waals surface area contributed by atoms with E-state index in [0.29, 0.717) is 10.8 Å². The van der Waals surface area contributed by atoms with Gasteiger partial charge in [-0.2, -0.15) is 0 Å². The van der Waals surface area contributed by atoms with Crippen LogP contribution in [-0.4, -0.2) is 39.4 Å². The highest BCUT2D eigenvalue weighted by molar-refractivity contribution is 7.16. The highest BCUT2D eigenvalue weighted by atomic mass is 32.1. The molecule has 0 spiro atoms. The third kappa shape index (κ3) is 3.16. The number of hydrogen-bond donors (Lipinski definition) is 0. The van der Waals surface area contributed by atoms with Gasteiger partial charge in [-0.15, -0.1) is 11.3 Å². The second-order valence-electron chi connectivity index (χ2n) is 5.82. The Balaban J connectivity index is 1.82. The minimum Gasteiger partial charge on any atom is -0.341 e. The lowest BCUT2D eigenvalue weighted by Crippen LogP contribution is -2.28. The first-order chi connectivity index (χ1) is 10.6. The van der Waals surface area contributed by atoms with Gasteiger partial charge in [0.1, 0.15) is 15.6 Å². The van der Waals surface area contributed by atoms with Crippen LogP contribution in [0.5, 0.6) is 0 Å². The van der Waals surface area contributed by atoms with E-state index >= 15 is 0 Å². The molecule has 0 saturated heterocycles. The van der Waals surface area contributed by atoms with E-state index < -0.39 is 0 Å². The Morgan fingerprint density at radius 3 is 2.82 bits per heavy atom. The molecule has 5 nitrogen and oxygen atoms in total. The first-order valence-corrected chi connectivity index (χ1v) is 8.44. The van der Waals surface area contributed by atoms with E-state index in [9.17, 15) is 4.79 Å². The summed E-state index contributed by atoms with van der Waals surface area (Å²) in [5, 5.41) is 0.771. The quantitative estimate of drug-likeness (QED) is 0.851. The molecule has 116 valence electrons.